The maximum Gasteiger partial charge on any atom is 0.192 e. The van der Waals surface area contributed by atoms with E-state index in [-0.39, 0.29) is 5.03 Å². The number of hydrogen-bond acceptors (Lipinski definition) is 4. The van der Waals surface area contributed by atoms with Gasteiger partial charge in [0.05, 0.1) is 11.9 Å². The average molecular weight is 268 g/mol. The molecule has 1 aromatic rings. The Morgan fingerprint density at radius 2 is 2.11 bits per heavy atom. The van der Waals surface area contributed by atoms with Gasteiger partial charge in [0.25, 0.3) is 0 Å². The quantitative estimate of drug-likeness (QED) is 0.915. The summed E-state index contributed by atoms with van der Waals surface area (Å²) in [5.74, 6) is 0. The van der Waals surface area contributed by atoms with Gasteiger partial charge >= 0.3 is 0 Å². The molecule has 5 heteroatoms. The second-order valence-electron chi connectivity index (χ2n) is 5.91. The Morgan fingerprint density at radius 1 is 1.39 bits per heavy atom. The zero-order valence-electron chi connectivity index (χ0n) is 11.1. The molecule has 2 rings (SSSR count). The van der Waals surface area contributed by atoms with Crippen molar-refractivity contribution in [1.82, 2.24) is 4.98 Å². The molecule has 1 aliphatic rings. The maximum absolute atomic E-state index is 11.3. The summed E-state index contributed by atoms with van der Waals surface area (Å²) in [4.78, 5) is 3.98. The molecule has 1 aromatic heterocycles. The van der Waals surface area contributed by atoms with Gasteiger partial charge in [-0.3, -0.25) is 0 Å². The highest BCUT2D eigenvalue weighted by Gasteiger charge is 2.30. The standard InChI is InChI=1S/C13H20N2O2S/c1-13(2)7-6-10(8-13)15-11-4-5-12(14-9-11)18(3,16)17/h4-5,9-10,15H,6-8H2,1-3H3. The molecular formula is C13H20N2O2S. The zero-order valence-corrected chi connectivity index (χ0v) is 11.9. The lowest BCUT2D eigenvalue weighted by atomic mass is 9.92. The molecule has 0 aromatic carbocycles. The van der Waals surface area contributed by atoms with Gasteiger partial charge in [-0.15, -0.1) is 0 Å². The number of hydrogen-bond donors (Lipinski definition) is 1. The van der Waals surface area contributed by atoms with Crippen molar-refractivity contribution < 1.29 is 8.42 Å². The van der Waals surface area contributed by atoms with Crippen molar-refractivity contribution in [1.29, 1.82) is 0 Å². The van der Waals surface area contributed by atoms with Crippen molar-refractivity contribution in [2.75, 3.05) is 11.6 Å². The van der Waals surface area contributed by atoms with Gasteiger partial charge in [0, 0.05) is 12.3 Å². The van der Waals surface area contributed by atoms with Crippen LogP contribution in [-0.2, 0) is 9.84 Å². The third kappa shape index (κ3) is 3.22. The van der Waals surface area contributed by atoms with Gasteiger partial charge in [-0.05, 0) is 36.8 Å². The van der Waals surface area contributed by atoms with E-state index in [4.69, 9.17) is 0 Å². The van der Waals surface area contributed by atoms with E-state index in [0.29, 0.717) is 11.5 Å². The van der Waals surface area contributed by atoms with Crippen LogP contribution in [0, 0.1) is 5.41 Å². The number of aromatic nitrogens is 1. The third-order valence-corrected chi connectivity index (χ3v) is 4.46. The molecule has 0 spiro atoms. The summed E-state index contributed by atoms with van der Waals surface area (Å²) in [6, 6.07) is 3.80. The first kappa shape index (κ1) is 13.3. The van der Waals surface area contributed by atoms with Crippen LogP contribution in [0.25, 0.3) is 0 Å². The second-order valence-corrected chi connectivity index (χ2v) is 7.87. The lowest BCUT2D eigenvalue weighted by molar-refractivity contribution is 0.378. The summed E-state index contributed by atoms with van der Waals surface area (Å²) >= 11 is 0. The first-order valence-electron chi connectivity index (χ1n) is 6.19. The topological polar surface area (TPSA) is 59.1 Å². The van der Waals surface area contributed by atoms with Crippen molar-refractivity contribution in [3.05, 3.63) is 18.3 Å². The summed E-state index contributed by atoms with van der Waals surface area (Å²) < 4.78 is 22.6. The highest BCUT2D eigenvalue weighted by molar-refractivity contribution is 7.90. The molecule has 1 atom stereocenters. The molecule has 4 nitrogen and oxygen atoms in total. The maximum atomic E-state index is 11.3. The van der Waals surface area contributed by atoms with Gasteiger partial charge in [-0.1, -0.05) is 13.8 Å². The van der Waals surface area contributed by atoms with Gasteiger partial charge in [-0.2, -0.15) is 0 Å². The number of nitrogens with zero attached hydrogens (tertiary/aromatic N) is 1. The highest BCUT2D eigenvalue weighted by Crippen LogP contribution is 2.38. The van der Waals surface area contributed by atoms with Crippen LogP contribution in [0.4, 0.5) is 5.69 Å². The first-order valence-corrected chi connectivity index (χ1v) is 8.08. The Labute approximate surface area is 109 Å². The summed E-state index contributed by atoms with van der Waals surface area (Å²) in [6.45, 7) is 4.55. The monoisotopic (exact) mass is 268 g/mol. The predicted molar refractivity (Wildman–Crippen MR) is 72.4 cm³/mol. The lowest BCUT2D eigenvalue weighted by Gasteiger charge is -2.18. The van der Waals surface area contributed by atoms with E-state index in [1.54, 1.807) is 18.3 Å². The second kappa shape index (κ2) is 4.53. The molecule has 0 amide bonds. The molecule has 100 valence electrons. The molecule has 1 aliphatic carbocycles. The average Bonchev–Trinajstić information content (AvgIpc) is 2.57. The van der Waals surface area contributed by atoms with Crippen LogP contribution < -0.4 is 5.32 Å². The molecule has 1 saturated carbocycles. The Morgan fingerprint density at radius 3 is 2.56 bits per heavy atom. The van der Waals surface area contributed by atoms with E-state index in [0.717, 1.165) is 18.5 Å². The van der Waals surface area contributed by atoms with Gasteiger partial charge in [0.2, 0.25) is 0 Å². The van der Waals surface area contributed by atoms with Gasteiger partial charge < -0.3 is 5.32 Å². The molecule has 1 unspecified atom stereocenters. The van der Waals surface area contributed by atoms with Gasteiger partial charge in [0.15, 0.2) is 14.9 Å². The molecule has 0 radical (unpaired) electrons. The van der Waals surface area contributed by atoms with Crippen LogP contribution in [0.5, 0.6) is 0 Å². The van der Waals surface area contributed by atoms with Crippen molar-refractivity contribution in [2.24, 2.45) is 5.41 Å². The molecule has 0 aliphatic heterocycles. The molecule has 18 heavy (non-hydrogen) atoms. The van der Waals surface area contributed by atoms with Crippen molar-refractivity contribution in [3.8, 4) is 0 Å². The molecule has 0 bridgehead atoms. The minimum Gasteiger partial charge on any atom is -0.381 e. The summed E-state index contributed by atoms with van der Waals surface area (Å²) in [5.41, 5.74) is 1.29. The van der Waals surface area contributed by atoms with Crippen molar-refractivity contribution >= 4 is 15.5 Å². The van der Waals surface area contributed by atoms with Crippen LogP contribution in [0.3, 0.4) is 0 Å². The fourth-order valence-electron chi connectivity index (χ4n) is 2.48. The van der Waals surface area contributed by atoms with Crippen molar-refractivity contribution in [3.63, 3.8) is 0 Å². The van der Waals surface area contributed by atoms with Crippen LogP contribution in [0.1, 0.15) is 33.1 Å². The van der Waals surface area contributed by atoms with Gasteiger partial charge in [0.1, 0.15) is 0 Å². The number of sulfone groups is 1. The summed E-state index contributed by atoms with van der Waals surface area (Å²) in [7, 11) is -3.20. The fourth-order valence-corrected chi connectivity index (χ4v) is 3.04. The van der Waals surface area contributed by atoms with Crippen LogP contribution in [0.2, 0.25) is 0 Å². The SMILES string of the molecule is CC1(C)CCC(Nc2ccc(S(C)(=O)=O)nc2)C1. The number of nitrogens with one attached hydrogen (secondary N) is 1. The molecular weight excluding hydrogens is 248 g/mol. The summed E-state index contributed by atoms with van der Waals surface area (Å²) in [6.07, 6.45) is 6.28. The van der Waals surface area contributed by atoms with E-state index in [1.165, 1.54) is 12.7 Å². The van der Waals surface area contributed by atoms with E-state index in [1.807, 2.05) is 0 Å². The Bertz CT molecular complexity index is 520. The third-order valence-electron chi connectivity index (χ3n) is 3.46. The van der Waals surface area contributed by atoms with E-state index >= 15 is 0 Å². The molecule has 1 N–H and O–H groups in total. The largest absolute Gasteiger partial charge is 0.381 e. The van der Waals surface area contributed by atoms with Crippen LogP contribution >= 0.6 is 0 Å². The Balaban J connectivity index is 2.04. The molecule has 1 heterocycles. The lowest BCUT2D eigenvalue weighted by Crippen LogP contribution is -2.17. The van der Waals surface area contributed by atoms with Gasteiger partial charge in [-0.25, -0.2) is 13.4 Å². The normalized spacial score (nSPS) is 22.9. The molecule has 1 fully saturated rings. The van der Waals surface area contributed by atoms with E-state index < -0.39 is 9.84 Å². The van der Waals surface area contributed by atoms with Crippen LogP contribution in [-0.4, -0.2) is 25.7 Å². The fraction of sp³-hybridized carbons (Fsp3) is 0.615. The summed E-state index contributed by atoms with van der Waals surface area (Å²) in [5, 5.41) is 3.54. The number of rotatable bonds is 3. The first-order chi connectivity index (χ1) is 8.26. The Kier molecular flexibility index (Phi) is 3.36. The number of anilines is 1. The van der Waals surface area contributed by atoms with Crippen molar-refractivity contribution in [2.45, 2.75) is 44.2 Å². The zero-order chi connectivity index (χ0) is 13.4. The van der Waals surface area contributed by atoms with E-state index in [9.17, 15) is 8.42 Å². The Hall–Kier alpha value is -1.10. The highest BCUT2D eigenvalue weighted by atomic mass is 32.2. The number of pyridine rings is 1. The van der Waals surface area contributed by atoms with E-state index in [2.05, 4.69) is 24.1 Å². The minimum absolute atomic E-state index is 0.125. The van der Waals surface area contributed by atoms with Crippen LogP contribution in [0.15, 0.2) is 23.4 Å². The molecule has 0 saturated heterocycles. The minimum atomic E-state index is -3.20. The smallest absolute Gasteiger partial charge is 0.192 e. The predicted octanol–water partition coefficient (Wildman–Crippen LogP) is 2.48.